The quantitative estimate of drug-likeness (QED) is 0.850. The molecule has 6 heteroatoms. The van der Waals surface area contributed by atoms with E-state index in [-0.39, 0.29) is 5.28 Å². The first-order chi connectivity index (χ1) is 8.29. The molecule has 1 unspecified atom stereocenters. The maximum atomic E-state index is 9.75. The second-order valence-electron chi connectivity index (χ2n) is 4.94. The average molecular weight is 286 g/mol. The third kappa shape index (κ3) is 2.58. The third-order valence-electron chi connectivity index (χ3n) is 2.97. The molecule has 2 aromatic rings. The Morgan fingerprint density at radius 3 is 2.72 bits per heavy atom. The molecule has 0 spiro atoms. The molecular formula is C12H16ClN3OS. The van der Waals surface area contributed by atoms with Gasteiger partial charge >= 0.3 is 0 Å². The smallest absolute Gasteiger partial charge is 0.225 e. The Balaban J connectivity index is 2.50. The van der Waals surface area contributed by atoms with Crippen molar-refractivity contribution >= 4 is 39.0 Å². The zero-order chi connectivity index (χ0) is 13.5. The average Bonchev–Trinajstić information content (AvgIpc) is 2.57. The summed E-state index contributed by atoms with van der Waals surface area (Å²) in [5.74, 6) is 0.667. The lowest BCUT2D eigenvalue weighted by atomic mass is 9.99. The van der Waals surface area contributed by atoms with Crippen LogP contribution in [0.15, 0.2) is 6.07 Å². The van der Waals surface area contributed by atoms with Crippen molar-refractivity contribution in [2.75, 3.05) is 5.32 Å². The van der Waals surface area contributed by atoms with Crippen LogP contribution in [-0.4, -0.2) is 26.7 Å². The number of hydrogen-bond acceptors (Lipinski definition) is 5. The van der Waals surface area contributed by atoms with Gasteiger partial charge in [0, 0.05) is 4.88 Å². The highest BCUT2D eigenvalue weighted by Gasteiger charge is 2.25. The molecule has 4 nitrogen and oxygen atoms in total. The molecule has 0 aliphatic rings. The fourth-order valence-corrected chi connectivity index (χ4v) is 2.62. The van der Waals surface area contributed by atoms with Gasteiger partial charge in [0.25, 0.3) is 0 Å². The molecule has 0 aliphatic carbocycles. The van der Waals surface area contributed by atoms with E-state index in [4.69, 9.17) is 11.6 Å². The number of halogens is 1. The van der Waals surface area contributed by atoms with E-state index in [1.807, 2.05) is 26.8 Å². The van der Waals surface area contributed by atoms with Crippen molar-refractivity contribution in [1.29, 1.82) is 0 Å². The Hall–Kier alpha value is -0.910. The lowest BCUT2D eigenvalue weighted by molar-refractivity contribution is 0.133. The summed E-state index contributed by atoms with van der Waals surface area (Å²) in [6.07, 6.45) is -0.513. The van der Waals surface area contributed by atoms with E-state index in [0.29, 0.717) is 5.82 Å². The summed E-state index contributed by atoms with van der Waals surface area (Å²) in [6, 6.07) is 2.02. The van der Waals surface area contributed by atoms with Gasteiger partial charge in [-0.25, -0.2) is 9.97 Å². The molecule has 0 bridgehead atoms. The standard InChI is InChI=1S/C12H16ClN3OS/c1-6-5-8-9(16-12(3,4)7(2)17)14-11(13)15-10(8)18-6/h5,7,17H,1-4H3,(H,14,15,16). The summed E-state index contributed by atoms with van der Waals surface area (Å²) >= 11 is 7.50. The number of hydrogen-bond donors (Lipinski definition) is 2. The number of thiophene rings is 1. The number of aliphatic hydroxyl groups excluding tert-OH is 1. The fraction of sp³-hybridized carbons (Fsp3) is 0.500. The first-order valence-electron chi connectivity index (χ1n) is 5.69. The second kappa shape index (κ2) is 4.64. The zero-order valence-corrected chi connectivity index (χ0v) is 12.4. The highest BCUT2D eigenvalue weighted by atomic mass is 35.5. The van der Waals surface area contributed by atoms with Crippen molar-refractivity contribution in [2.24, 2.45) is 0 Å². The number of fused-ring (bicyclic) bond motifs is 1. The number of aromatic nitrogens is 2. The normalized spacial score (nSPS) is 13.9. The highest BCUT2D eigenvalue weighted by Crippen LogP contribution is 2.31. The molecule has 0 amide bonds. The zero-order valence-electron chi connectivity index (χ0n) is 10.8. The maximum Gasteiger partial charge on any atom is 0.225 e. The predicted octanol–water partition coefficient (Wildman–Crippen LogP) is 3.22. The minimum atomic E-state index is -0.513. The lowest BCUT2D eigenvalue weighted by Gasteiger charge is -2.30. The summed E-state index contributed by atoms with van der Waals surface area (Å²) in [6.45, 7) is 7.59. The van der Waals surface area contributed by atoms with Gasteiger partial charge in [0.1, 0.15) is 10.6 Å². The molecule has 2 N–H and O–H groups in total. The molecule has 0 radical (unpaired) electrons. The SMILES string of the molecule is Cc1cc2c(NC(C)(C)C(C)O)nc(Cl)nc2s1. The first-order valence-corrected chi connectivity index (χ1v) is 6.89. The van der Waals surface area contributed by atoms with Crippen molar-refractivity contribution in [2.45, 2.75) is 39.3 Å². The molecule has 0 aromatic carbocycles. The van der Waals surface area contributed by atoms with Gasteiger partial charge < -0.3 is 10.4 Å². The molecule has 98 valence electrons. The van der Waals surface area contributed by atoms with Gasteiger partial charge in [-0.15, -0.1) is 11.3 Å². The van der Waals surface area contributed by atoms with Crippen LogP contribution < -0.4 is 5.32 Å². The van der Waals surface area contributed by atoms with Gasteiger partial charge in [-0.3, -0.25) is 0 Å². The van der Waals surface area contributed by atoms with Crippen molar-refractivity contribution in [3.63, 3.8) is 0 Å². The van der Waals surface area contributed by atoms with Crippen molar-refractivity contribution in [3.05, 3.63) is 16.2 Å². The van der Waals surface area contributed by atoms with Crippen molar-refractivity contribution < 1.29 is 5.11 Å². The Morgan fingerprint density at radius 2 is 2.11 bits per heavy atom. The number of nitrogens with zero attached hydrogens (tertiary/aromatic N) is 2. The van der Waals surface area contributed by atoms with Gasteiger partial charge in [0.15, 0.2) is 0 Å². The van der Waals surface area contributed by atoms with Gasteiger partial charge in [-0.1, -0.05) is 0 Å². The Bertz CT molecular complexity index is 580. The van der Waals surface area contributed by atoms with Crippen LogP contribution in [0.2, 0.25) is 5.28 Å². The van der Waals surface area contributed by atoms with Crippen LogP contribution in [0.3, 0.4) is 0 Å². The number of nitrogens with one attached hydrogen (secondary N) is 1. The highest BCUT2D eigenvalue weighted by molar-refractivity contribution is 7.18. The van der Waals surface area contributed by atoms with Crippen LogP contribution in [0.5, 0.6) is 0 Å². The largest absolute Gasteiger partial charge is 0.391 e. The van der Waals surface area contributed by atoms with Crippen molar-refractivity contribution in [1.82, 2.24) is 9.97 Å². The van der Waals surface area contributed by atoms with Crippen LogP contribution in [0.1, 0.15) is 25.6 Å². The van der Waals surface area contributed by atoms with Crippen LogP contribution in [-0.2, 0) is 0 Å². The van der Waals surface area contributed by atoms with Crippen LogP contribution in [0.25, 0.3) is 10.2 Å². The molecular weight excluding hydrogens is 270 g/mol. The minimum absolute atomic E-state index is 0.216. The van der Waals surface area contributed by atoms with Gasteiger partial charge in [0.2, 0.25) is 5.28 Å². The fourth-order valence-electron chi connectivity index (χ4n) is 1.52. The third-order valence-corrected chi connectivity index (χ3v) is 4.09. The monoisotopic (exact) mass is 285 g/mol. The van der Waals surface area contributed by atoms with Crippen molar-refractivity contribution in [3.8, 4) is 0 Å². The molecule has 2 rings (SSSR count). The van der Waals surface area contributed by atoms with E-state index in [9.17, 15) is 5.11 Å². The van der Waals surface area contributed by atoms with E-state index in [0.717, 1.165) is 15.1 Å². The molecule has 0 fully saturated rings. The lowest BCUT2D eigenvalue weighted by Crippen LogP contribution is -2.42. The van der Waals surface area contributed by atoms with E-state index < -0.39 is 11.6 Å². The number of aliphatic hydroxyl groups is 1. The topological polar surface area (TPSA) is 58.0 Å². The number of rotatable bonds is 3. The maximum absolute atomic E-state index is 9.75. The Kier molecular flexibility index (Phi) is 3.49. The van der Waals surface area contributed by atoms with Crippen LogP contribution in [0, 0.1) is 6.92 Å². The summed E-state index contributed by atoms with van der Waals surface area (Å²) in [5.41, 5.74) is -0.486. The van der Waals surface area contributed by atoms with E-state index >= 15 is 0 Å². The van der Waals surface area contributed by atoms with Gasteiger partial charge in [-0.2, -0.15) is 0 Å². The molecule has 18 heavy (non-hydrogen) atoms. The minimum Gasteiger partial charge on any atom is -0.391 e. The Labute approximate surface area is 115 Å². The van der Waals surface area contributed by atoms with Crippen LogP contribution >= 0.6 is 22.9 Å². The summed E-state index contributed by atoms with van der Waals surface area (Å²) in [4.78, 5) is 10.4. The summed E-state index contributed by atoms with van der Waals surface area (Å²) in [5, 5.41) is 14.1. The predicted molar refractivity (Wildman–Crippen MR) is 76.5 cm³/mol. The Morgan fingerprint density at radius 1 is 1.44 bits per heavy atom. The first kappa shape index (κ1) is 13.5. The summed E-state index contributed by atoms with van der Waals surface area (Å²) < 4.78 is 0. The van der Waals surface area contributed by atoms with Gasteiger partial charge in [-0.05, 0) is 45.4 Å². The van der Waals surface area contributed by atoms with Gasteiger partial charge in [0.05, 0.1) is 17.0 Å². The van der Waals surface area contributed by atoms with E-state index in [1.165, 1.54) is 0 Å². The molecule has 0 saturated carbocycles. The molecule has 0 saturated heterocycles. The van der Waals surface area contributed by atoms with E-state index in [2.05, 4.69) is 15.3 Å². The molecule has 1 atom stereocenters. The molecule has 2 heterocycles. The molecule has 0 aliphatic heterocycles. The number of anilines is 1. The number of aryl methyl sites for hydroxylation is 1. The molecule has 2 aromatic heterocycles. The van der Waals surface area contributed by atoms with Crippen LogP contribution in [0.4, 0.5) is 5.82 Å². The summed E-state index contributed by atoms with van der Waals surface area (Å²) in [7, 11) is 0. The second-order valence-corrected chi connectivity index (χ2v) is 6.51. The van der Waals surface area contributed by atoms with E-state index in [1.54, 1.807) is 18.3 Å².